The minimum absolute atomic E-state index is 0.456. The average molecular weight is 235 g/mol. The summed E-state index contributed by atoms with van der Waals surface area (Å²) in [5.41, 5.74) is 0. The molecule has 4 heteroatoms. The van der Waals surface area contributed by atoms with E-state index in [-0.39, 0.29) is 0 Å². The molecule has 2 heterocycles. The third-order valence-corrected chi connectivity index (χ3v) is 4.30. The lowest BCUT2D eigenvalue weighted by molar-refractivity contribution is 0.324. The Hall–Kier alpha value is -0.900. The van der Waals surface area contributed by atoms with E-state index in [4.69, 9.17) is 4.52 Å². The summed E-state index contributed by atoms with van der Waals surface area (Å²) < 4.78 is 5.48. The highest BCUT2D eigenvalue weighted by Crippen LogP contribution is 2.38. The molecule has 0 bridgehead atoms. The minimum Gasteiger partial charge on any atom is -0.339 e. The van der Waals surface area contributed by atoms with Gasteiger partial charge in [-0.05, 0) is 38.1 Å². The van der Waals surface area contributed by atoms with Gasteiger partial charge in [-0.2, -0.15) is 4.98 Å². The van der Waals surface area contributed by atoms with Gasteiger partial charge in [0.2, 0.25) is 5.89 Å². The van der Waals surface area contributed by atoms with E-state index in [9.17, 15) is 0 Å². The first-order valence-corrected chi connectivity index (χ1v) is 6.89. The van der Waals surface area contributed by atoms with Crippen molar-refractivity contribution in [1.29, 1.82) is 0 Å². The van der Waals surface area contributed by atoms with Gasteiger partial charge in [-0.15, -0.1) is 0 Å². The Balaban J connectivity index is 1.73. The maximum Gasteiger partial charge on any atom is 0.230 e. The van der Waals surface area contributed by atoms with Crippen LogP contribution in [0.5, 0.6) is 0 Å². The summed E-state index contributed by atoms with van der Waals surface area (Å²) in [7, 11) is 0. The van der Waals surface area contributed by atoms with Crippen LogP contribution in [0.15, 0.2) is 4.52 Å². The summed E-state index contributed by atoms with van der Waals surface area (Å²) in [6, 6.07) is 0. The van der Waals surface area contributed by atoms with E-state index in [0.717, 1.165) is 24.8 Å². The van der Waals surface area contributed by atoms with Crippen molar-refractivity contribution in [3.63, 3.8) is 0 Å². The minimum atomic E-state index is 0.456. The molecule has 2 aliphatic rings. The molecule has 3 unspecified atom stereocenters. The maximum atomic E-state index is 5.48. The predicted molar refractivity (Wildman–Crippen MR) is 64.9 cm³/mol. The molecule has 1 aliphatic heterocycles. The van der Waals surface area contributed by atoms with Gasteiger partial charge in [0, 0.05) is 18.4 Å². The Kier molecular flexibility index (Phi) is 3.14. The molecule has 2 fully saturated rings. The van der Waals surface area contributed by atoms with E-state index in [1.165, 1.54) is 32.1 Å². The summed E-state index contributed by atoms with van der Waals surface area (Å²) in [6.45, 7) is 4.42. The Bertz CT molecular complexity index is 370. The number of hydrogen-bond acceptors (Lipinski definition) is 4. The third-order valence-electron chi connectivity index (χ3n) is 4.30. The van der Waals surface area contributed by atoms with Crippen molar-refractivity contribution in [2.45, 2.75) is 50.9 Å². The van der Waals surface area contributed by atoms with E-state index >= 15 is 0 Å². The summed E-state index contributed by atoms with van der Waals surface area (Å²) in [5.74, 6) is 3.47. The van der Waals surface area contributed by atoms with Crippen molar-refractivity contribution in [3.05, 3.63) is 11.7 Å². The van der Waals surface area contributed by atoms with E-state index in [0.29, 0.717) is 17.8 Å². The molecule has 4 nitrogen and oxygen atoms in total. The topological polar surface area (TPSA) is 51.0 Å². The van der Waals surface area contributed by atoms with Gasteiger partial charge in [0.05, 0.1) is 0 Å². The van der Waals surface area contributed by atoms with Crippen LogP contribution in [0.4, 0.5) is 0 Å². The Morgan fingerprint density at radius 2 is 2.18 bits per heavy atom. The lowest BCUT2D eigenvalue weighted by Gasteiger charge is -2.19. The molecule has 0 radical (unpaired) electrons. The van der Waals surface area contributed by atoms with Crippen LogP contribution in [-0.4, -0.2) is 23.2 Å². The fourth-order valence-electron chi connectivity index (χ4n) is 3.15. The first-order chi connectivity index (χ1) is 8.34. The van der Waals surface area contributed by atoms with Crippen LogP contribution in [0, 0.1) is 5.92 Å². The van der Waals surface area contributed by atoms with Gasteiger partial charge in [-0.25, -0.2) is 0 Å². The molecule has 3 atom stereocenters. The molecule has 3 rings (SSSR count). The molecule has 1 aliphatic carbocycles. The zero-order valence-corrected chi connectivity index (χ0v) is 10.5. The van der Waals surface area contributed by atoms with Crippen molar-refractivity contribution in [1.82, 2.24) is 15.5 Å². The van der Waals surface area contributed by atoms with E-state index in [1.54, 1.807) is 0 Å². The SMILES string of the molecule is CC1CCCC1c1nc(C2CCCNC2)no1. The van der Waals surface area contributed by atoms with Crippen molar-refractivity contribution in [3.8, 4) is 0 Å². The molecule has 0 aromatic carbocycles. The van der Waals surface area contributed by atoms with Gasteiger partial charge >= 0.3 is 0 Å². The van der Waals surface area contributed by atoms with Gasteiger partial charge in [-0.3, -0.25) is 0 Å². The molecule has 1 aromatic heterocycles. The summed E-state index contributed by atoms with van der Waals surface area (Å²) in [4.78, 5) is 4.65. The zero-order valence-electron chi connectivity index (χ0n) is 10.5. The lowest BCUT2D eigenvalue weighted by Crippen LogP contribution is -2.28. The molecular formula is C13H21N3O. The van der Waals surface area contributed by atoms with Crippen LogP contribution in [0.2, 0.25) is 0 Å². The highest BCUT2D eigenvalue weighted by atomic mass is 16.5. The van der Waals surface area contributed by atoms with Crippen molar-refractivity contribution < 1.29 is 4.52 Å². The van der Waals surface area contributed by atoms with Crippen molar-refractivity contribution in [2.24, 2.45) is 5.92 Å². The average Bonchev–Trinajstić information content (AvgIpc) is 2.98. The molecule has 1 saturated carbocycles. The highest BCUT2D eigenvalue weighted by Gasteiger charge is 2.30. The number of nitrogens with one attached hydrogen (secondary N) is 1. The molecule has 1 aromatic rings. The second-order valence-electron chi connectivity index (χ2n) is 5.55. The first-order valence-electron chi connectivity index (χ1n) is 6.89. The number of nitrogens with zero attached hydrogens (tertiary/aromatic N) is 2. The smallest absolute Gasteiger partial charge is 0.230 e. The van der Waals surface area contributed by atoms with Crippen molar-refractivity contribution >= 4 is 0 Å². The standard InChI is InChI=1S/C13H21N3O/c1-9-4-2-6-11(9)13-15-12(16-17-13)10-5-3-7-14-8-10/h9-11,14H,2-8H2,1H3. The fourth-order valence-corrected chi connectivity index (χ4v) is 3.15. The fraction of sp³-hybridized carbons (Fsp3) is 0.846. The van der Waals surface area contributed by atoms with E-state index < -0.39 is 0 Å². The second kappa shape index (κ2) is 4.77. The quantitative estimate of drug-likeness (QED) is 0.855. The summed E-state index contributed by atoms with van der Waals surface area (Å²) in [5, 5.41) is 7.59. The second-order valence-corrected chi connectivity index (χ2v) is 5.55. The molecule has 0 amide bonds. The Morgan fingerprint density at radius 1 is 1.24 bits per heavy atom. The molecule has 94 valence electrons. The Labute approximate surface area is 102 Å². The Morgan fingerprint density at radius 3 is 2.88 bits per heavy atom. The third kappa shape index (κ3) is 2.23. The monoisotopic (exact) mass is 235 g/mol. The molecule has 17 heavy (non-hydrogen) atoms. The first kappa shape index (κ1) is 11.2. The van der Waals surface area contributed by atoms with Gasteiger partial charge in [-0.1, -0.05) is 18.5 Å². The molecule has 0 spiro atoms. The lowest BCUT2D eigenvalue weighted by atomic mass is 9.97. The van der Waals surface area contributed by atoms with Gasteiger partial charge in [0.1, 0.15) is 0 Å². The van der Waals surface area contributed by atoms with Crippen LogP contribution in [0.25, 0.3) is 0 Å². The molecule has 1 saturated heterocycles. The van der Waals surface area contributed by atoms with Gasteiger partial charge in [0.15, 0.2) is 5.82 Å². The number of rotatable bonds is 2. The number of piperidine rings is 1. The van der Waals surface area contributed by atoms with Gasteiger partial charge < -0.3 is 9.84 Å². The van der Waals surface area contributed by atoms with Crippen LogP contribution < -0.4 is 5.32 Å². The summed E-state index contributed by atoms with van der Waals surface area (Å²) >= 11 is 0. The van der Waals surface area contributed by atoms with Crippen LogP contribution >= 0.6 is 0 Å². The van der Waals surface area contributed by atoms with Crippen LogP contribution in [0.3, 0.4) is 0 Å². The predicted octanol–water partition coefficient (Wildman–Crippen LogP) is 2.44. The maximum absolute atomic E-state index is 5.48. The largest absolute Gasteiger partial charge is 0.339 e. The van der Waals surface area contributed by atoms with Crippen LogP contribution in [0.1, 0.15) is 62.6 Å². The normalized spacial score (nSPS) is 34.1. The van der Waals surface area contributed by atoms with Gasteiger partial charge in [0.25, 0.3) is 0 Å². The number of hydrogen-bond donors (Lipinski definition) is 1. The zero-order chi connectivity index (χ0) is 11.7. The van der Waals surface area contributed by atoms with E-state index in [1.807, 2.05) is 0 Å². The van der Waals surface area contributed by atoms with E-state index in [2.05, 4.69) is 22.4 Å². The van der Waals surface area contributed by atoms with Crippen LogP contribution in [-0.2, 0) is 0 Å². The molecular weight excluding hydrogens is 214 g/mol. The number of aromatic nitrogens is 2. The van der Waals surface area contributed by atoms with Crippen molar-refractivity contribution in [2.75, 3.05) is 13.1 Å². The molecule has 1 N–H and O–H groups in total. The highest BCUT2D eigenvalue weighted by molar-refractivity contribution is 5.03. The summed E-state index contributed by atoms with van der Waals surface area (Å²) in [6.07, 6.45) is 6.22.